The standard InChI is InChI=1S/C16H18N6O2/c1-19-14-13(15(23)20(2)16(19)24)22(10-18-14)21-8-4-6-12(21)11-5-3-7-17-9-11/h3,5,7,9-10,12H,4,6,8H2,1-2H3. The number of hydrogen-bond donors (Lipinski definition) is 0. The van der Waals surface area contributed by atoms with Gasteiger partial charge in [-0.15, -0.1) is 0 Å². The molecule has 8 nitrogen and oxygen atoms in total. The fourth-order valence-corrected chi connectivity index (χ4v) is 3.45. The van der Waals surface area contributed by atoms with Gasteiger partial charge < -0.3 is 5.01 Å². The van der Waals surface area contributed by atoms with E-state index in [1.54, 1.807) is 24.2 Å². The molecule has 0 amide bonds. The lowest BCUT2D eigenvalue weighted by Gasteiger charge is -2.27. The second-order valence-electron chi connectivity index (χ2n) is 6.07. The Kier molecular flexibility index (Phi) is 3.26. The molecule has 1 unspecified atom stereocenters. The monoisotopic (exact) mass is 326 g/mol. The van der Waals surface area contributed by atoms with Gasteiger partial charge >= 0.3 is 5.69 Å². The van der Waals surface area contributed by atoms with Crippen LogP contribution in [0.1, 0.15) is 24.4 Å². The molecule has 3 aromatic rings. The van der Waals surface area contributed by atoms with Crippen molar-refractivity contribution in [3.63, 3.8) is 0 Å². The van der Waals surface area contributed by atoms with Crippen molar-refractivity contribution < 1.29 is 0 Å². The first-order valence-electron chi connectivity index (χ1n) is 7.89. The van der Waals surface area contributed by atoms with E-state index in [-0.39, 0.29) is 17.3 Å². The van der Waals surface area contributed by atoms with Crippen LogP contribution in [0, 0.1) is 0 Å². The highest BCUT2D eigenvalue weighted by molar-refractivity contribution is 5.70. The van der Waals surface area contributed by atoms with Gasteiger partial charge in [0.25, 0.3) is 5.56 Å². The number of aromatic nitrogens is 5. The zero-order valence-corrected chi connectivity index (χ0v) is 13.6. The summed E-state index contributed by atoms with van der Waals surface area (Å²) in [6.45, 7) is 0.816. The molecule has 0 aromatic carbocycles. The minimum absolute atomic E-state index is 0.137. The van der Waals surface area contributed by atoms with E-state index in [0.29, 0.717) is 11.2 Å². The second-order valence-corrected chi connectivity index (χ2v) is 6.07. The SMILES string of the molecule is Cn1c(=O)c2c(ncn2N2CCCC2c2cccnc2)n(C)c1=O. The molecule has 4 heterocycles. The fourth-order valence-electron chi connectivity index (χ4n) is 3.45. The topological polar surface area (TPSA) is 78.0 Å². The number of fused-ring (bicyclic) bond motifs is 1. The minimum atomic E-state index is -0.372. The Labute approximate surface area is 137 Å². The summed E-state index contributed by atoms with van der Waals surface area (Å²) in [5.41, 5.74) is 1.24. The summed E-state index contributed by atoms with van der Waals surface area (Å²) in [5, 5.41) is 2.12. The molecule has 4 rings (SSSR count). The highest BCUT2D eigenvalue weighted by Gasteiger charge is 2.29. The van der Waals surface area contributed by atoms with Gasteiger partial charge in [-0.05, 0) is 24.5 Å². The molecule has 1 saturated heterocycles. The number of imidazole rings is 1. The van der Waals surface area contributed by atoms with Gasteiger partial charge in [0.1, 0.15) is 6.33 Å². The molecule has 0 N–H and O–H groups in total. The molecule has 0 spiro atoms. The summed E-state index contributed by atoms with van der Waals surface area (Å²) in [7, 11) is 3.12. The van der Waals surface area contributed by atoms with Crippen LogP contribution in [0.15, 0.2) is 40.4 Å². The molecule has 124 valence electrons. The third-order valence-corrected chi connectivity index (χ3v) is 4.70. The van der Waals surface area contributed by atoms with Gasteiger partial charge in [0.05, 0.1) is 6.04 Å². The van der Waals surface area contributed by atoms with Crippen molar-refractivity contribution in [2.24, 2.45) is 14.1 Å². The summed E-state index contributed by atoms with van der Waals surface area (Å²) in [6, 6.07) is 4.10. The molecule has 8 heteroatoms. The first-order chi connectivity index (χ1) is 11.6. The molecule has 0 radical (unpaired) electrons. The van der Waals surface area contributed by atoms with Crippen molar-refractivity contribution >= 4 is 11.2 Å². The first kappa shape index (κ1) is 14.7. The smallest absolute Gasteiger partial charge is 0.304 e. The lowest BCUT2D eigenvalue weighted by Crippen LogP contribution is -2.40. The zero-order valence-electron chi connectivity index (χ0n) is 13.6. The molecule has 0 aliphatic carbocycles. The van der Waals surface area contributed by atoms with Crippen LogP contribution in [0.4, 0.5) is 0 Å². The van der Waals surface area contributed by atoms with Crippen molar-refractivity contribution in [3.8, 4) is 0 Å². The van der Waals surface area contributed by atoms with Crippen LogP contribution in [-0.4, -0.2) is 30.3 Å². The van der Waals surface area contributed by atoms with Crippen LogP contribution < -0.4 is 16.3 Å². The van der Waals surface area contributed by atoms with Crippen LogP contribution in [-0.2, 0) is 14.1 Å². The maximum atomic E-state index is 12.6. The minimum Gasteiger partial charge on any atom is -0.304 e. The summed E-state index contributed by atoms with van der Waals surface area (Å²) >= 11 is 0. The van der Waals surface area contributed by atoms with E-state index in [9.17, 15) is 9.59 Å². The second kappa shape index (κ2) is 5.33. The van der Waals surface area contributed by atoms with Gasteiger partial charge in [0.15, 0.2) is 11.2 Å². The quantitative estimate of drug-likeness (QED) is 0.677. The molecule has 0 bridgehead atoms. The van der Waals surface area contributed by atoms with Gasteiger partial charge in [-0.25, -0.2) is 14.5 Å². The molecule has 3 aromatic heterocycles. The highest BCUT2D eigenvalue weighted by atomic mass is 16.2. The summed E-state index contributed by atoms with van der Waals surface area (Å²) in [4.78, 5) is 33.2. The number of nitrogens with zero attached hydrogens (tertiary/aromatic N) is 6. The number of rotatable bonds is 2. The van der Waals surface area contributed by atoms with E-state index >= 15 is 0 Å². The van der Waals surface area contributed by atoms with E-state index in [0.717, 1.165) is 29.5 Å². The van der Waals surface area contributed by atoms with Crippen LogP contribution in [0.25, 0.3) is 11.2 Å². The largest absolute Gasteiger partial charge is 0.332 e. The molecule has 1 atom stereocenters. The van der Waals surface area contributed by atoms with E-state index in [2.05, 4.69) is 15.0 Å². The van der Waals surface area contributed by atoms with E-state index in [4.69, 9.17) is 0 Å². The van der Waals surface area contributed by atoms with Crippen molar-refractivity contribution in [1.29, 1.82) is 0 Å². The fraction of sp³-hybridized carbons (Fsp3) is 0.375. The van der Waals surface area contributed by atoms with Gasteiger partial charge in [0.2, 0.25) is 0 Å². The van der Waals surface area contributed by atoms with Crippen LogP contribution in [0.5, 0.6) is 0 Å². The average molecular weight is 326 g/mol. The normalized spacial score (nSPS) is 17.8. The Morgan fingerprint density at radius 2 is 2.04 bits per heavy atom. The molecule has 0 saturated carbocycles. The number of aryl methyl sites for hydroxylation is 1. The molecule has 24 heavy (non-hydrogen) atoms. The zero-order chi connectivity index (χ0) is 16.8. The lowest BCUT2D eigenvalue weighted by atomic mass is 10.1. The van der Waals surface area contributed by atoms with Gasteiger partial charge in [-0.2, -0.15) is 0 Å². The van der Waals surface area contributed by atoms with Crippen LogP contribution in [0.3, 0.4) is 0 Å². The Balaban J connectivity index is 1.91. The Bertz CT molecular complexity index is 1020. The molecule has 1 fully saturated rings. The third-order valence-electron chi connectivity index (χ3n) is 4.70. The molecular formula is C16H18N6O2. The third kappa shape index (κ3) is 1.99. The highest BCUT2D eigenvalue weighted by Crippen LogP contribution is 2.30. The Morgan fingerprint density at radius 1 is 1.21 bits per heavy atom. The van der Waals surface area contributed by atoms with Gasteiger partial charge in [-0.3, -0.25) is 18.9 Å². The summed E-state index contributed by atoms with van der Waals surface area (Å²) in [6.07, 6.45) is 7.24. The number of hydrogen-bond acceptors (Lipinski definition) is 5. The molecule has 1 aliphatic heterocycles. The predicted octanol–water partition coefficient (Wildman–Crippen LogP) is 0.302. The van der Waals surface area contributed by atoms with Crippen molar-refractivity contribution in [2.45, 2.75) is 18.9 Å². The van der Waals surface area contributed by atoms with Crippen molar-refractivity contribution in [2.75, 3.05) is 11.6 Å². The summed E-state index contributed by atoms with van der Waals surface area (Å²) in [5.74, 6) is 0. The van der Waals surface area contributed by atoms with Crippen molar-refractivity contribution in [3.05, 3.63) is 57.3 Å². The lowest BCUT2D eigenvalue weighted by molar-refractivity contribution is 0.567. The van der Waals surface area contributed by atoms with Crippen molar-refractivity contribution in [1.82, 2.24) is 23.8 Å². The maximum Gasteiger partial charge on any atom is 0.332 e. The van der Waals surface area contributed by atoms with Crippen LogP contribution >= 0.6 is 0 Å². The average Bonchev–Trinajstić information content (AvgIpc) is 3.25. The van der Waals surface area contributed by atoms with Crippen LogP contribution in [0.2, 0.25) is 0 Å². The summed E-state index contributed by atoms with van der Waals surface area (Å²) < 4.78 is 4.32. The Hall–Kier alpha value is -2.90. The van der Waals surface area contributed by atoms with E-state index in [1.807, 2.05) is 18.3 Å². The first-order valence-corrected chi connectivity index (χ1v) is 7.89. The Morgan fingerprint density at radius 3 is 2.79 bits per heavy atom. The van der Waals surface area contributed by atoms with E-state index < -0.39 is 0 Å². The van der Waals surface area contributed by atoms with Gasteiger partial charge in [0, 0.05) is 33.0 Å². The van der Waals surface area contributed by atoms with E-state index in [1.165, 1.54) is 11.6 Å². The van der Waals surface area contributed by atoms with Gasteiger partial charge in [-0.1, -0.05) is 6.07 Å². The predicted molar refractivity (Wildman–Crippen MR) is 89.5 cm³/mol. The molecule has 1 aliphatic rings. The molecular weight excluding hydrogens is 308 g/mol. The number of pyridine rings is 1. The maximum absolute atomic E-state index is 12.6.